The molecule has 3 heterocycles. The summed E-state index contributed by atoms with van der Waals surface area (Å²) in [4.78, 5) is 26.0. The van der Waals surface area contributed by atoms with E-state index in [0.717, 1.165) is 31.7 Å². The highest BCUT2D eigenvalue weighted by atomic mass is 79.9. The summed E-state index contributed by atoms with van der Waals surface area (Å²) < 4.78 is 2.51. The first-order valence-electron chi connectivity index (χ1n) is 6.77. The van der Waals surface area contributed by atoms with E-state index in [1.165, 1.54) is 0 Å². The van der Waals surface area contributed by atoms with Crippen LogP contribution in [0.15, 0.2) is 21.4 Å². The second-order valence-corrected chi connectivity index (χ2v) is 6.33. The van der Waals surface area contributed by atoms with Gasteiger partial charge in [-0.3, -0.25) is 9.59 Å². The van der Waals surface area contributed by atoms with Crippen molar-refractivity contribution in [2.75, 3.05) is 13.1 Å². The molecule has 2 aliphatic heterocycles. The van der Waals surface area contributed by atoms with Crippen LogP contribution in [0.4, 0.5) is 0 Å². The average molecular weight is 325 g/mol. The number of pyridine rings is 1. The molecular weight excluding hydrogens is 308 g/mol. The third-order valence-corrected chi connectivity index (χ3v) is 4.82. The van der Waals surface area contributed by atoms with Crippen molar-refractivity contribution >= 4 is 21.8 Å². The third-order valence-electron chi connectivity index (χ3n) is 4.21. The number of fused-ring (bicyclic) bond motifs is 4. The van der Waals surface area contributed by atoms with E-state index in [2.05, 4.69) is 15.9 Å². The van der Waals surface area contributed by atoms with Crippen molar-refractivity contribution in [2.45, 2.75) is 32.2 Å². The SMILES string of the molecule is CCC(=O)N1C[C@@H]2C[C@H](C1)c1ccc(Br)c(=O)n1C2. The van der Waals surface area contributed by atoms with Crippen molar-refractivity contribution in [1.82, 2.24) is 9.47 Å². The number of likely N-dealkylation sites (tertiary alicyclic amines) is 1. The number of hydrogen-bond acceptors (Lipinski definition) is 2. The zero-order valence-electron chi connectivity index (χ0n) is 10.9. The second kappa shape index (κ2) is 4.78. The fourth-order valence-corrected chi connectivity index (χ4v) is 3.69. The van der Waals surface area contributed by atoms with Gasteiger partial charge in [-0.15, -0.1) is 0 Å². The first kappa shape index (κ1) is 12.9. The Morgan fingerprint density at radius 3 is 2.89 bits per heavy atom. The van der Waals surface area contributed by atoms with E-state index in [4.69, 9.17) is 0 Å². The van der Waals surface area contributed by atoms with E-state index in [1.807, 2.05) is 28.5 Å². The molecule has 0 aliphatic carbocycles. The van der Waals surface area contributed by atoms with E-state index in [-0.39, 0.29) is 11.5 Å². The molecule has 1 aromatic rings. The molecule has 2 atom stereocenters. The number of carbonyl (C=O) groups excluding carboxylic acids is 1. The Labute approximate surface area is 120 Å². The van der Waals surface area contributed by atoms with Crippen LogP contribution in [0.2, 0.25) is 0 Å². The van der Waals surface area contributed by atoms with Gasteiger partial charge >= 0.3 is 0 Å². The van der Waals surface area contributed by atoms with Crippen LogP contribution in [0.1, 0.15) is 31.4 Å². The minimum atomic E-state index is 0.0578. The summed E-state index contributed by atoms with van der Waals surface area (Å²) in [6.07, 6.45) is 1.65. The van der Waals surface area contributed by atoms with Gasteiger partial charge in [-0.25, -0.2) is 0 Å². The number of halogens is 1. The van der Waals surface area contributed by atoms with Gasteiger partial charge < -0.3 is 9.47 Å². The van der Waals surface area contributed by atoms with Crippen LogP contribution in [0.5, 0.6) is 0 Å². The van der Waals surface area contributed by atoms with Gasteiger partial charge in [0.05, 0.1) is 4.47 Å². The third kappa shape index (κ3) is 2.14. The largest absolute Gasteiger partial charge is 0.342 e. The Kier molecular flexibility index (Phi) is 3.25. The molecule has 19 heavy (non-hydrogen) atoms. The fourth-order valence-electron chi connectivity index (χ4n) is 3.35. The van der Waals surface area contributed by atoms with E-state index in [1.54, 1.807) is 0 Å². The van der Waals surface area contributed by atoms with Crippen LogP contribution in [-0.2, 0) is 11.3 Å². The van der Waals surface area contributed by atoms with Gasteiger partial charge in [0, 0.05) is 37.7 Å². The van der Waals surface area contributed by atoms with Crippen LogP contribution in [0.25, 0.3) is 0 Å². The minimum absolute atomic E-state index is 0.0578. The number of aromatic nitrogens is 1. The van der Waals surface area contributed by atoms with Crippen molar-refractivity contribution in [3.63, 3.8) is 0 Å². The highest BCUT2D eigenvalue weighted by Gasteiger charge is 2.35. The summed E-state index contributed by atoms with van der Waals surface area (Å²) in [5, 5.41) is 0. The number of piperidine rings is 1. The predicted octanol–water partition coefficient (Wildman–Crippen LogP) is 1.97. The zero-order valence-corrected chi connectivity index (χ0v) is 12.5. The van der Waals surface area contributed by atoms with Gasteiger partial charge in [-0.1, -0.05) is 6.92 Å². The summed E-state index contributed by atoms with van der Waals surface area (Å²) >= 11 is 3.30. The van der Waals surface area contributed by atoms with Gasteiger partial charge in [0.25, 0.3) is 5.56 Å². The summed E-state index contributed by atoms with van der Waals surface area (Å²) in [6.45, 7) is 4.19. The van der Waals surface area contributed by atoms with Crippen molar-refractivity contribution in [1.29, 1.82) is 0 Å². The number of amides is 1. The molecule has 102 valence electrons. The molecule has 0 saturated carbocycles. The zero-order chi connectivity index (χ0) is 13.6. The average Bonchev–Trinajstić information content (AvgIpc) is 2.42. The molecule has 0 radical (unpaired) electrons. The maximum Gasteiger partial charge on any atom is 0.265 e. The molecule has 5 heteroatoms. The molecule has 0 spiro atoms. The Bertz CT molecular complexity index is 581. The predicted molar refractivity (Wildman–Crippen MR) is 76.1 cm³/mol. The van der Waals surface area contributed by atoms with Crippen LogP contribution >= 0.6 is 15.9 Å². The monoisotopic (exact) mass is 324 g/mol. The van der Waals surface area contributed by atoms with Crippen LogP contribution < -0.4 is 5.56 Å². The maximum atomic E-state index is 12.2. The molecule has 2 aliphatic rings. The summed E-state index contributed by atoms with van der Waals surface area (Å²) in [5.41, 5.74) is 1.14. The smallest absolute Gasteiger partial charge is 0.265 e. The molecule has 2 bridgehead atoms. The van der Waals surface area contributed by atoms with E-state index < -0.39 is 0 Å². The highest BCUT2D eigenvalue weighted by molar-refractivity contribution is 9.10. The Hall–Kier alpha value is -1.10. The van der Waals surface area contributed by atoms with E-state index in [9.17, 15) is 9.59 Å². The minimum Gasteiger partial charge on any atom is -0.342 e. The summed E-state index contributed by atoms with van der Waals surface area (Å²) in [5.74, 6) is 0.945. The van der Waals surface area contributed by atoms with Gasteiger partial charge in [-0.2, -0.15) is 0 Å². The van der Waals surface area contributed by atoms with Crippen molar-refractivity contribution in [3.05, 3.63) is 32.7 Å². The quantitative estimate of drug-likeness (QED) is 0.792. The lowest BCUT2D eigenvalue weighted by atomic mass is 9.83. The van der Waals surface area contributed by atoms with Crippen molar-refractivity contribution in [2.24, 2.45) is 5.92 Å². The van der Waals surface area contributed by atoms with Gasteiger partial charge in [0.1, 0.15) is 0 Å². The fraction of sp³-hybridized carbons (Fsp3) is 0.571. The summed E-state index contributed by atoms with van der Waals surface area (Å²) in [6, 6.07) is 3.85. The normalized spacial score (nSPS) is 25.1. The highest BCUT2D eigenvalue weighted by Crippen LogP contribution is 2.35. The topological polar surface area (TPSA) is 42.3 Å². The van der Waals surface area contributed by atoms with Gasteiger partial charge in [-0.05, 0) is 40.4 Å². The molecule has 0 unspecified atom stereocenters. The number of carbonyl (C=O) groups is 1. The Balaban J connectivity index is 1.97. The second-order valence-electron chi connectivity index (χ2n) is 5.47. The van der Waals surface area contributed by atoms with Gasteiger partial charge in [0.15, 0.2) is 0 Å². The first-order chi connectivity index (χ1) is 9.10. The molecule has 3 rings (SSSR count). The number of nitrogens with zero attached hydrogens (tertiary/aromatic N) is 2. The molecule has 1 amide bonds. The van der Waals surface area contributed by atoms with Crippen LogP contribution in [0, 0.1) is 5.92 Å². The molecular formula is C14H17BrN2O2. The van der Waals surface area contributed by atoms with E-state index in [0.29, 0.717) is 22.7 Å². The molecule has 4 nitrogen and oxygen atoms in total. The molecule has 0 N–H and O–H groups in total. The van der Waals surface area contributed by atoms with Crippen molar-refractivity contribution < 1.29 is 4.79 Å². The Morgan fingerprint density at radius 2 is 2.16 bits per heavy atom. The van der Waals surface area contributed by atoms with E-state index >= 15 is 0 Å². The van der Waals surface area contributed by atoms with Crippen LogP contribution in [0.3, 0.4) is 0 Å². The number of rotatable bonds is 1. The Morgan fingerprint density at radius 1 is 1.37 bits per heavy atom. The summed E-state index contributed by atoms with van der Waals surface area (Å²) in [7, 11) is 0. The maximum absolute atomic E-state index is 12.2. The molecule has 1 saturated heterocycles. The molecule has 1 fully saturated rings. The lowest BCUT2D eigenvalue weighted by Gasteiger charge is -2.42. The lowest BCUT2D eigenvalue weighted by Crippen LogP contribution is -2.49. The van der Waals surface area contributed by atoms with Gasteiger partial charge in [0.2, 0.25) is 5.91 Å². The first-order valence-corrected chi connectivity index (χ1v) is 7.56. The van der Waals surface area contributed by atoms with Crippen LogP contribution in [-0.4, -0.2) is 28.5 Å². The molecule has 0 aromatic carbocycles. The molecule has 1 aromatic heterocycles. The number of hydrogen-bond donors (Lipinski definition) is 0. The van der Waals surface area contributed by atoms with Crippen molar-refractivity contribution in [3.8, 4) is 0 Å². The standard InChI is InChI=1S/C14H17BrN2O2/c1-2-13(18)16-6-9-5-10(8-16)12-4-3-11(15)14(19)17(12)7-9/h3-4,9-10H,2,5-8H2,1H3/t9-,10+/m0/s1. The lowest BCUT2D eigenvalue weighted by molar-refractivity contribution is -0.133.